The Morgan fingerprint density at radius 1 is 1.38 bits per heavy atom. The van der Waals surface area contributed by atoms with E-state index in [-0.39, 0.29) is 34.3 Å². The Balaban J connectivity index is 1.72. The smallest absolute Gasteiger partial charge is 0.343 e. The molecule has 0 unspecified atom stereocenters. The van der Waals surface area contributed by atoms with Crippen molar-refractivity contribution >= 4 is 21.7 Å². The Morgan fingerprint density at radius 2 is 2.07 bits per heavy atom. The molecule has 3 heterocycles. The standard InChI is InChI=1S/C19H21N3O6S/c1-3-22(14-6-9-29(25,26)12-14)16(23)11-27-19(24)17-13(2)28-18(15(17)10-20)21-7-4-5-8-21/h4-5,7-8,14H,3,6,9,11-12H2,1-2H3/t14-/m1/s1. The summed E-state index contributed by atoms with van der Waals surface area (Å²) in [4.78, 5) is 26.5. The number of sulfone groups is 1. The quantitative estimate of drug-likeness (QED) is 0.649. The Hall–Kier alpha value is -3.06. The fourth-order valence-corrected chi connectivity index (χ4v) is 5.20. The van der Waals surface area contributed by atoms with Crippen LogP contribution in [-0.2, 0) is 19.4 Å². The Bertz CT molecular complexity index is 1060. The van der Waals surface area contributed by atoms with Crippen LogP contribution in [0.4, 0.5) is 0 Å². The lowest BCUT2D eigenvalue weighted by Gasteiger charge is -2.26. The van der Waals surface area contributed by atoms with Crippen LogP contribution in [0, 0.1) is 18.3 Å². The first-order valence-electron chi connectivity index (χ1n) is 9.11. The molecule has 1 aliphatic heterocycles. The van der Waals surface area contributed by atoms with Gasteiger partial charge in [0.15, 0.2) is 16.4 Å². The minimum absolute atomic E-state index is 0.0189. The molecular formula is C19H21N3O6S. The second-order valence-corrected chi connectivity index (χ2v) is 8.96. The number of amides is 1. The number of carbonyl (C=O) groups is 2. The molecule has 0 saturated carbocycles. The van der Waals surface area contributed by atoms with Gasteiger partial charge in [0.2, 0.25) is 5.88 Å². The molecule has 9 nitrogen and oxygen atoms in total. The molecule has 1 fully saturated rings. The van der Waals surface area contributed by atoms with E-state index in [1.807, 2.05) is 6.07 Å². The van der Waals surface area contributed by atoms with Gasteiger partial charge in [0.05, 0.1) is 11.5 Å². The lowest BCUT2D eigenvalue weighted by molar-refractivity contribution is -0.136. The van der Waals surface area contributed by atoms with Crippen LogP contribution < -0.4 is 0 Å². The van der Waals surface area contributed by atoms with E-state index in [0.717, 1.165) is 0 Å². The van der Waals surface area contributed by atoms with Crippen molar-refractivity contribution in [2.45, 2.75) is 26.3 Å². The minimum atomic E-state index is -3.14. The van der Waals surface area contributed by atoms with Crippen molar-refractivity contribution in [3.8, 4) is 12.0 Å². The summed E-state index contributed by atoms with van der Waals surface area (Å²) in [6.45, 7) is 3.04. The third-order valence-electron chi connectivity index (χ3n) is 4.86. The molecule has 3 rings (SSSR count). The monoisotopic (exact) mass is 419 g/mol. The predicted molar refractivity (Wildman–Crippen MR) is 102 cm³/mol. The molecule has 154 valence electrons. The zero-order valence-corrected chi connectivity index (χ0v) is 16.9. The summed E-state index contributed by atoms with van der Waals surface area (Å²) >= 11 is 0. The van der Waals surface area contributed by atoms with E-state index in [1.54, 1.807) is 36.0 Å². The molecule has 2 aromatic heterocycles. The van der Waals surface area contributed by atoms with Gasteiger partial charge in [-0.2, -0.15) is 5.26 Å². The van der Waals surface area contributed by atoms with Crippen molar-refractivity contribution in [2.75, 3.05) is 24.7 Å². The molecule has 0 bridgehead atoms. The van der Waals surface area contributed by atoms with Gasteiger partial charge in [-0.15, -0.1) is 0 Å². The molecule has 0 radical (unpaired) electrons. The largest absolute Gasteiger partial charge is 0.452 e. The number of hydrogen-bond acceptors (Lipinski definition) is 7. The average molecular weight is 419 g/mol. The summed E-state index contributed by atoms with van der Waals surface area (Å²) in [5.74, 6) is -0.960. The number of likely N-dealkylation sites (N-methyl/N-ethyl adjacent to an activating group) is 1. The van der Waals surface area contributed by atoms with Gasteiger partial charge in [-0.05, 0) is 32.4 Å². The summed E-state index contributed by atoms with van der Waals surface area (Å²) < 4.78 is 35.6. The first-order valence-corrected chi connectivity index (χ1v) is 10.9. The van der Waals surface area contributed by atoms with Crippen molar-refractivity contribution in [3.05, 3.63) is 41.4 Å². The highest BCUT2D eigenvalue weighted by molar-refractivity contribution is 7.91. The minimum Gasteiger partial charge on any atom is -0.452 e. The molecule has 1 amide bonds. The molecule has 0 N–H and O–H groups in total. The number of nitriles is 1. The van der Waals surface area contributed by atoms with Crippen LogP contribution in [-0.4, -0.2) is 60.5 Å². The molecular weight excluding hydrogens is 398 g/mol. The third kappa shape index (κ3) is 4.19. The number of carbonyl (C=O) groups excluding carboxylic acids is 2. The van der Waals surface area contributed by atoms with Crippen molar-refractivity contribution < 1.29 is 27.2 Å². The summed E-state index contributed by atoms with van der Waals surface area (Å²) in [5, 5.41) is 9.49. The summed E-state index contributed by atoms with van der Waals surface area (Å²) in [5.41, 5.74) is -0.0131. The number of aryl methyl sites for hydroxylation is 1. The van der Waals surface area contributed by atoms with Crippen LogP contribution in [0.15, 0.2) is 28.9 Å². The Morgan fingerprint density at radius 3 is 2.62 bits per heavy atom. The Labute approximate surface area is 168 Å². The maximum Gasteiger partial charge on any atom is 0.343 e. The predicted octanol–water partition coefficient (Wildman–Crippen LogP) is 1.44. The SMILES string of the molecule is CCN(C(=O)COC(=O)c1c(C)oc(-n2cccc2)c1C#N)[C@@H]1CCS(=O)(=O)C1. The van der Waals surface area contributed by atoms with Gasteiger partial charge in [0.25, 0.3) is 5.91 Å². The van der Waals surface area contributed by atoms with Gasteiger partial charge >= 0.3 is 5.97 Å². The second-order valence-electron chi connectivity index (χ2n) is 6.73. The molecule has 10 heteroatoms. The van der Waals surface area contributed by atoms with Crippen LogP contribution in [0.5, 0.6) is 0 Å². The first-order chi connectivity index (χ1) is 13.8. The van der Waals surface area contributed by atoms with Gasteiger partial charge < -0.3 is 14.1 Å². The van der Waals surface area contributed by atoms with Gasteiger partial charge in [-0.25, -0.2) is 13.2 Å². The summed E-state index contributed by atoms with van der Waals surface area (Å²) in [6.07, 6.45) is 3.72. The van der Waals surface area contributed by atoms with Crippen molar-refractivity contribution in [2.24, 2.45) is 0 Å². The topological polar surface area (TPSA) is 123 Å². The van der Waals surface area contributed by atoms with Gasteiger partial charge in [-0.1, -0.05) is 0 Å². The van der Waals surface area contributed by atoms with E-state index >= 15 is 0 Å². The van der Waals surface area contributed by atoms with E-state index in [9.17, 15) is 23.3 Å². The van der Waals surface area contributed by atoms with Gasteiger partial charge in [0.1, 0.15) is 23.0 Å². The molecule has 0 spiro atoms. The molecule has 2 aromatic rings. The van der Waals surface area contributed by atoms with E-state index in [2.05, 4.69) is 0 Å². The number of hydrogen-bond donors (Lipinski definition) is 0. The second kappa shape index (κ2) is 8.13. The number of ether oxygens (including phenoxy) is 1. The fraction of sp³-hybridized carbons (Fsp3) is 0.421. The van der Waals surface area contributed by atoms with Crippen LogP contribution in [0.1, 0.15) is 35.0 Å². The highest BCUT2D eigenvalue weighted by Crippen LogP contribution is 2.26. The third-order valence-corrected chi connectivity index (χ3v) is 6.61. The lowest BCUT2D eigenvalue weighted by Crippen LogP contribution is -2.43. The van der Waals surface area contributed by atoms with E-state index < -0.39 is 34.4 Å². The molecule has 1 aliphatic rings. The Kier molecular flexibility index (Phi) is 5.79. The maximum absolute atomic E-state index is 12.6. The van der Waals surface area contributed by atoms with E-state index in [1.165, 1.54) is 11.8 Å². The number of furan rings is 1. The average Bonchev–Trinajstić information content (AvgIpc) is 3.39. The molecule has 29 heavy (non-hydrogen) atoms. The summed E-state index contributed by atoms with van der Waals surface area (Å²) in [7, 11) is -3.14. The molecule has 0 aliphatic carbocycles. The van der Waals surface area contributed by atoms with Gasteiger partial charge in [-0.3, -0.25) is 9.36 Å². The van der Waals surface area contributed by atoms with Crippen LogP contribution >= 0.6 is 0 Å². The summed E-state index contributed by atoms with van der Waals surface area (Å²) in [6, 6.07) is 5.03. The van der Waals surface area contributed by atoms with Crippen LogP contribution in [0.2, 0.25) is 0 Å². The van der Waals surface area contributed by atoms with Crippen molar-refractivity contribution in [1.29, 1.82) is 5.26 Å². The maximum atomic E-state index is 12.6. The van der Waals surface area contributed by atoms with E-state index in [4.69, 9.17) is 9.15 Å². The number of nitrogens with zero attached hydrogens (tertiary/aromatic N) is 3. The highest BCUT2D eigenvalue weighted by Gasteiger charge is 2.34. The zero-order chi connectivity index (χ0) is 21.2. The number of rotatable bonds is 6. The lowest BCUT2D eigenvalue weighted by atomic mass is 10.1. The van der Waals surface area contributed by atoms with Crippen molar-refractivity contribution in [3.63, 3.8) is 0 Å². The number of esters is 1. The van der Waals surface area contributed by atoms with Crippen LogP contribution in [0.3, 0.4) is 0 Å². The van der Waals surface area contributed by atoms with Gasteiger partial charge in [0, 0.05) is 25.0 Å². The van der Waals surface area contributed by atoms with E-state index in [0.29, 0.717) is 13.0 Å². The fourth-order valence-electron chi connectivity index (χ4n) is 3.47. The van der Waals surface area contributed by atoms with Crippen LogP contribution in [0.25, 0.3) is 5.88 Å². The zero-order valence-electron chi connectivity index (χ0n) is 16.1. The first kappa shape index (κ1) is 20.7. The molecule has 1 atom stereocenters. The number of aromatic nitrogens is 1. The normalized spacial score (nSPS) is 17.6. The van der Waals surface area contributed by atoms with Crippen molar-refractivity contribution in [1.82, 2.24) is 9.47 Å². The molecule has 1 saturated heterocycles. The highest BCUT2D eigenvalue weighted by atomic mass is 32.2. The molecule has 0 aromatic carbocycles.